The number of aryl methyl sites for hydroxylation is 1. The number of nitrogens with zero attached hydrogens (tertiary/aromatic N) is 1. The second-order valence-corrected chi connectivity index (χ2v) is 13.4. The molecule has 4 aromatic rings. The fourth-order valence-corrected chi connectivity index (χ4v) is 6.76. The Labute approximate surface area is 247 Å². The summed E-state index contributed by atoms with van der Waals surface area (Å²) >= 11 is 18.4. The number of hydrogen-bond donors (Lipinski definition) is 2. The first-order valence-electron chi connectivity index (χ1n) is 11.6. The molecule has 0 radical (unpaired) electrons. The standard InChI is InChI=1S/C27H22Cl3N3O5S2/c1-18-8-12-23(13-9-18)40(37,38)33(25-7-3-6-24(29)27(25)30)17-26(34)31-20-10-14-22(15-11-20)39(35,36)32-21-5-2-4-19(28)16-21/h2-16,32H,17H2,1H3,(H,31,34). The van der Waals surface area contributed by atoms with Gasteiger partial charge in [0.15, 0.2) is 0 Å². The van der Waals surface area contributed by atoms with Crippen LogP contribution in [0.3, 0.4) is 0 Å². The van der Waals surface area contributed by atoms with Crippen LogP contribution in [0.4, 0.5) is 17.1 Å². The monoisotopic (exact) mass is 637 g/mol. The van der Waals surface area contributed by atoms with Gasteiger partial charge >= 0.3 is 0 Å². The summed E-state index contributed by atoms with van der Waals surface area (Å²) in [5.41, 5.74) is 1.42. The van der Waals surface area contributed by atoms with Crippen molar-refractivity contribution in [2.24, 2.45) is 0 Å². The summed E-state index contributed by atoms with van der Waals surface area (Å²) in [4.78, 5) is 12.9. The molecule has 0 aromatic heterocycles. The van der Waals surface area contributed by atoms with E-state index in [4.69, 9.17) is 34.8 Å². The van der Waals surface area contributed by atoms with Crippen LogP contribution in [0.5, 0.6) is 0 Å². The van der Waals surface area contributed by atoms with Crippen molar-refractivity contribution < 1.29 is 21.6 Å². The first-order valence-corrected chi connectivity index (χ1v) is 15.6. The first kappa shape index (κ1) is 29.7. The minimum atomic E-state index is -4.22. The molecule has 0 heterocycles. The first-order chi connectivity index (χ1) is 18.9. The topological polar surface area (TPSA) is 113 Å². The molecule has 0 fully saturated rings. The predicted octanol–water partition coefficient (Wildman–Crippen LogP) is 6.59. The van der Waals surface area contributed by atoms with Gasteiger partial charge in [-0.15, -0.1) is 0 Å². The van der Waals surface area contributed by atoms with E-state index in [1.807, 2.05) is 6.92 Å². The molecule has 0 bridgehead atoms. The Morgan fingerprint density at radius 1 is 0.775 bits per heavy atom. The molecule has 0 aliphatic heterocycles. The predicted molar refractivity (Wildman–Crippen MR) is 160 cm³/mol. The number of halogens is 3. The Bertz CT molecular complexity index is 1760. The Balaban J connectivity index is 1.56. The highest BCUT2D eigenvalue weighted by molar-refractivity contribution is 7.93. The number of carbonyl (C=O) groups is 1. The number of anilines is 3. The number of sulfonamides is 2. The molecule has 0 aliphatic carbocycles. The fourth-order valence-electron chi connectivity index (χ4n) is 3.64. The highest BCUT2D eigenvalue weighted by Gasteiger charge is 2.29. The zero-order valence-corrected chi connectivity index (χ0v) is 24.7. The molecule has 8 nitrogen and oxygen atoms in total. The smallest absolute Gasteiger partial charge is 0.264 e. The lowest BCUT2D eigenvalue weighted by Crippen LogP contribution is -2.38. The molecule has 0 atom stereocenters. The number of nitrogens with one attached hydrogen (secondary N) is 2. The van der Waals surface area contributed by atoms with Gasteiger partial charge < -0.3 is 5.32 Å². The van der Waals surface area contributed by atoms with Crippen molar-refractivity contribution in [3.63, 3.8) is 0 Å². The van der Waals surface area contributed by atoms with Crippen molar-refractivity contribution >= 4 is 77.8 Å². The molecule has 40 heavy (non-hydrogen) atoms. The van der Waals surface area contributed by atoms with E-state index in [9.17, 15) is 21.6 Å². The number of hydrogen-bond acceptors (Lipinski definition) is 5. The highest BCUT2D eigenvalue weighted by Crippen LogP contribution is 2.35. The lowest BCUT2D eigenvalue weighted by Gasteiger charge is -2.25. The SMILES string of the molecule is Cc1ccc(S(=O)(=O)N(CC(=O)Nc2ccc(S(=O)(=O)Nc3cccc(Cl)c3)cc2)c2cccc(Cl)c2Cl)cc1. The summed E-state index contributed by atoms with van der Waals surface area (Å²) in [5, 5.41) is 3.05. The van der Waals surface area contributed by atoms with Gasteiger partial charge in [-0.05, 0) is 73.7 Å². The average Bonchev–Trinajstić information content (AvgIpc) is 2.89. The summed E-state index contributed by atoms with van der Waals surface area (Å²) < 4.78 is 55.9. The van der Waals surface area contributed by atoms with Crippen LogP contribution in [0.2, 0.25) is 15.1 Å². The van der Waals surface area contributed by atoms with Crippen LogP contribution >= 0.6 is 34.8 Å². The van der Waals surface area contributed by atoms with Crippen molar-refractivity contribution in [2.45, 2.75) is 16.7 Å². The molecule has 4 aromatic carbocycles. The molecule has 0 unspecified atom stereocenters. The molecule has 0 saturated heterocycles. The second kappa shape index (κ2) is 12.1. The Morgan fingerprint density at radius 3 is 2.05 bits per heavy atom. The normalized spacial score (nSPS) is 11.6. The Kier molecular flexibility index (Phi) is 8.96. The number of amides is 1. The maximum absolute atomic E-state index is 13.6. The minimum Gasteiger partial charge on any atom is -0.325 e. The van der Waals surface area contributed by atoms with Crippen LogP contribution in [-0.4, -0.2) is 29.3 Å². The van der Waals surface area contributed by atoms with Gasteiger partial charge in [-0.25, -0.2) is 16.8 Å². The quantitative estimate of drug-likeness (QED) is 0.215. The zero-order chi connectivity index (χ0) is 29.1. The van der Waals surface area contributed by atoms with Gasteiger partial charge in [-0.1, -0.05) is 64.6 Å². The summed E-state index contributed by atoms with van der Waals surface area (Å²) in [6.45, 7) is 1.19. The van der Waals surface area contributed by atoms with E-state index < -0.39 is 32.5 Å². The molecule has 1 amide bonds. The molecule has 4 rings (SSSR count). The second-order valence-electron chi connectivity index (χ2n) is 8.59. The van der Waals surface area contributed by atoms with Crippen molar-refractivity contribution in [3.05, 3.63) is 112 Å². The van der Waals surface area contributed by atoms with Crippen LogP contribution in [0.1, 0.15) is 5.56 Å². The van der Waals surface area contributed by atoms with Crippen LogP contribution in [0, 0.1) is 6.92 Å². The van der Waals surface area contributed by atoms with Crippen LogP contribution in [0.15, 0.2) is 101 Å². The molecule has 2 N–H and O–H groups in total. The van der Waals surface area contributed by atoms with E-state index in [2.05, 4.69) is 10.0 Å². The average molecular weight is 639 g/mol. The van der Waals surface area contributed by atoms with Gasteiger partial charge in [0, 0.05) is 10.7 Å². The van der Waals surface area contributed by atoms with E-state index in [0.29, 0.717) is 10.7 Å². The lowest BCUT2D eigenvalue weighted by molar-refractivity contribution is -0.114. The summed E-state index contributed by atoms with van der Waals surface area (Å²) in [5.74, 6) is -0.695. The third kappa shape index (κ3) is 6.89. The summed E-state index contributed by atoms with van der Waals surface area (Å²) in [6, 6.07) is 22.2. The number of carbonyl (C=O) groups excluding carboxylic acids is 1. The number of rotatable bonds is 9. The molecule has 0 spiro atoms. The van der Waals surface area contributed by atoms with Crippen molar-refractivity contribution in [1.82, 2.24) is 0 Å². The van der Waals surface area contributed by atoms with Crippen molar-refractivity contribution in [2.75, 3.05) is 20.9 Å². The van der Waals surface area contributed by atoms with E-state index in [0.717, 1.165) is 9.87 Å². The van der Waals surface area contributed by atoms with Gasteiger partial charge in [0.25, 0.3) is 20.0 Å². The maximum atomic E-state index is 13.6. The summed E-state index contributed by atoms with van der Waals surface area (Å²) in [6.07, 6.45) is 0. The third-order valence-corrected chi connectivity index (χ3v) is 9.84. The zero-order valence-electron chi connectivity index (χ0n) is 20.8. The summed E-state index contributed by atoms with van der Waals surface area (Å²) in [7, 11) is -8.15. The van der Waals surface area contributed by atoms with Crippen molar-refractivity contribution in [3.8, 4) is 0 Å². The van der Waals surface area contributed by atoms with Crippen LogP contribution in [-0.2, 0) is 24.8 Å². The highest BCUT2D eigenvalue weighted by atomic mass is 35.5. The van der Waals surface area contributed by atoms with E-state index in [1.165, 1.54) is 60.7 Å². The Morgan fingerprint density at radius 2 is 1.40 bits per heavy atom. The molecular formula is C27H22Cl3N3O5S2. The largest absolute Gasteiger partial charge is 0.325 e. The minimum absolute atomic E-state index is 0.0263. The van der Waals surface area contributed by atoms with Crippen LogP contribution in [0.25, 0.3) is 0 Å². The van der Waals surface area contributed by atoms with Crippen LogP contribution < -0.4 is 14.3 Å². The van der Waals surface area contributed by atoms with Gasteiger partial charge in [-0.2, -0.15) is 0 Å². The lowest BCUT2D eigenvalue weighted by atomic mass is 10.2. The molecule has 0 aliphatic rings. The maximum Gasteiger partial charge on any atom is 0.264 e. The molecule has 13 heteroatoms. The number of benzene rings is 4. The van der Waals surface area contributed by atoms with E-state index >= 15 is 0 Å². The van der Waals surface area contributed by atoms with Gasteiger partial charge in [0.05, 0.1) is 31.2 Å². The Hall–Kier alpha value is -3.28. The van der Waals surface area contributed by atoms with Crippen molar-refractivity contribution in [1.29, 1.82) is 0 Å². The molecular weight excluding hydrogens is 617 g/mol. The molecule has 0 saturated carbocycles. The van der Waals surface area contributed by atoms with Gasteiger partial charge in [0.2, 0.25) is 5.91 Å². The van der Waals surface area contributed by atoms with Gasteiger partial charge in [0.1, 0.15) is 6.54 Å². The van der Waals surface area contributed by atoms with Gasteiger partial charge in [-0.3, -0.25) is 13.8 Å². The fraction of sp³-hybridized carbons (Fsp3) is 0.0741. The van der Waals surface area contributed by atoms with E-state index in [-0.39, 0.29) is 31.2 Å². The molecule has 208 valence electrons. The third-order valence-electron chi connectivity index (χ3n) is 5.62. The van der Waals surface area contributed by atoms with E-state index in [1.54, 1.807) is 30.3 Å².